The zero-order valence-corrected chi connectivity index (χ0v) is 10.8. The van der Waals surface area contributed by atoms with Gasteiger partial charge in [0.25, 0.3) is 0 Å². The molecule has 0 aliphatic carbocycles. The molecule has 0 fully saturated rings. The topological polar surface area (TPSA) is 42.1 Å². The highest BCUT2D eigenvalue weighted by Gasteiger charge is 2.25. The predicted molar refractivity (Wildman–Crippen MR) is 68.2 cm³/mol. The van der Waals surface area contributed by atoms with E-state index in [1.54, 1.807) is 0 Å². The zero-order chi connectivity index (χ0) is 12.2. The Morgan fingerprint density at radius 1 is 1.44 bits per heavy atom. The minimum absolute atomic E-state index is 0.0732. The van der Waals surface area contributed by atoms with Gasteiger partial charge in [0.05, 0.1) is 0 Å². The Kier molecular flexibility index (Phi) is 4.44. The van der Waals surface area contributed by atoms with Crippen molar-refractivity contribution in [3.63, 3.8) is 0 Å². The number of nitrogens with zero attached hydrogens (tertiary/aromatic N) is 2. The quantitative estimate of drug-likeness (QED) is 0.826. The number of aromatic nitrogens is 1. The van der Waals surface area contributed by atoms with Crippen LogP contribution in [0.1, 0.15) is 31.4 Å². The Hall–Kier alpha value is -0.930. The molecule has 0 amide bonds. The molecule has 0 saturated heterocycles. The van der Waals surface area contributed by atoms with Crippen LogP contribution in [0.2, 0.25) is 0 Å². The fourth-order valence-corrected chi connectivity index (χ4v) is 1.74. The smallest absolute Gasteiger partial charge is 0.0313 e. The van der Waals surface area contributed by atoms with E-state index in [-0.39, 0.29) is 5.54 Å². The van der Waals surface area contributed by atoms with Crippen LogP contribution < -0.4 is 5.73 Å². The highest BCUT2D eigenvalue weighted by molar-refractivity contribution is 5.16. The number of hydrogen-bond acceptors (Lipinski definition) is 3. The lowest BCUT2D eigenvalue weighted by Gasteiger charge is -2.37. The first-order valence-corrected chi connectivity index (χ1v) is 5.83. The zero-order valence-electron chi connectivity index (χ0n) is 10.8. The van der Waals surface area contributed by atoms with Gasteiger partial charge in [-0.2, -0.15) is 0 Å². The largest absolute Gasteiger partial charge is 0.329 e. The summed E-state index contributed by atoms with van der Waals surface area (Å²) in [4.78, 5) is 6.52. The summed E-state index contributed by atoms with van der Waals surface area (Å²) in [6.07, 6.45) is 4.86. The summed E-state index contributed by atoms with van der Waals surface area (Å²) in [5, 5.41) is 0. The van der Waals surface area contributed by atoms with Gasteiger partial charge >= 0.3 is 0 Å². The summed E-state index contributed by atoms with van der Waals surface area (Å²) in [5.74, 6) is 0. The molecule has 1 aromatic heterocycles. The molecule has 16 heavy (non-hydrogen) atoms. The molecule has 0 saturated carbocycles. The van der Waals surface area contributed by atoms with Gasteiger partial charge in [-0.3, -0.25) is 9.88 Å². The number of rotatable bonds is 5. The second-order valence-electron chi connectivity index (χ2n) is 4.78. The van der Waals surface area contributed by atoms with Gasteiger partial charge in [-0.25, -0.2) is 0 Å². The van der Waals surface area contributed by atoms with Crippen molar-refractivity contribution in [1.29, 1.82) is 0 Å². The van der Waals surface area contributed by atoms with Gasteiger partial charge in [0.1, 0.15) is 0 Å². The van der Waals surface area contributed by atoms with Crippen molar-refractivity contribution in [2.24, 2.45) is 5.73 Å². The fraction of sp³-hybridized carbons (Fsp3) is 0.615. The molecule has 1 heterocycles. The van der Waals surface area contributed by atoms with Gasteiger partial charge in [0.2, 0.25) is 0 Å². The monoisotopic (exact) mass is 221 g/mol. The van der Waals surface area contributed by atoms with Crippen molar-refractivity contribution < 1.29 is 0 Å². The minimum Gasteiger partial charge on any atom is -0.329 e. The second-order valence-corrected chi connectivity index (χ2v) is 4.78. The van der Waals surface area contributed by atoms with Crippen LogP contribution in [0, 0.1) is 6.92 Å². The predicted octanol–water partition coefficient (Wildman–Crippen LogP) is 1.95. The molecule has 0 aliphatic heterocycles. The van der Waals surface area contributed by atoms with Gasteiger partial charge in [-0.15, -0.1) is 0 Å². The Bertz CT molecular complexity index is 332. The molecule has 1 rings (SSSR count). The van der Waals surface area contributed by atoms with E-state index in [2.05, 4.69) is 43.8 Å². The Balaban J connectivity index is 2.74. The lowest BCUT2D eigenvalue weighted by atomic mass is 9.96. The fourth-order valence-electron chi connectivity index (χ4n) is 1.74. The number of hydrogen-bond donors (Lipinski definition) is 1. The third kappa shape index (κ3) is 3.03. The SMILES string of the molecule is CCC(C)(CN)N(C)Cc1cncc(C)c1. The Morgan fingerprint density at radius 2 is 2.12 bits per heavy atom. The number of aryl methyl sites for hydroxylation is 1. The standard InChI is InChI=1S/C13H23N3/c1-5-13(3,10-14)16(4)9-12-6-11(2)7-15-8-12/h6-8H,5,9-10,14H2,1-4H3. The molecule has 1 unspecified atom stereocenters. The molecule has 0 spiro atoms. The van der Waals surface area contributed by atoms with Crippen LogP contribution in [0.15, 0.2) is 18.5 Å². The molecule has 90 valence electrons. The van der Waals surface area contributed by atoms with E-state index in [0.29, 0.717) is 6.54 Å². The summed E-state index contributed by atoms with van der Waals surface area (Å²) in [6.45, 7) is 8.03. The van der Waals surface area contributed by atoms with E-state index in [1.165, 1.54) is 11.1 Å². The van der Waals surface area contributed by atoms with Gasteiger partial charge in [-0.05, 0) is 38.4 Å². The Morgan fingerprint density at radius 3 is 2.62 bits per heavy atom. The van der Waals surface area contributed by atoms with Gasteiger partial charge < -0.3 is 5.73 Å². The molecular weight excluding hydrogens is 198 g/mol. The first kappa shape index (κ1) is 13.1. The molecule has 0 aromatic carbocycles. The minimum atomic E-state index is 0.0732. The van der Waals surface area contributed by atoms with Gasteiger partial charge in [0.15, 0.2) is 0 Å². The van der Waals surface area contributed by atoms with Crippen LogP contribution >= 0.6 is 0 Å². The van der Waals surface area contributed by atoms with Crippen molar-refractivity contribution >= 4 is 0 Å². The summed E-state index contributed by atoms with van der Waals surface area (Å²) in [5.41, 5.74) is 8.37. The average Bonchev–Trinajstić information content (AvgIpc) is 2.28. The molecule has 1 aromatic rings. The van der Waals surface area contributed by atoms with Crippen molar-refractivity contribution in [3.05, 3.63) is 29.6 Å². The molecule has 3 nitrogen and oxygen atoms in total. The molecule has 1 atom stereocenters. The van der Waals surface area contributed by atoms with Crippen molar-refractivity contribution in [2.45, 2.75) is 39.3 Å². The molecule has 2 N–H and O–H groups in total. The lowest BCUT2D eigenvalue weighted by Crippen LogP contribution is -2.48. The van der Waals surface area contributed by atoms with Gasteiger partial charge in [-0.1, -0.05) is 13.0 Å². The van der Waals surface area contributed by atoms with E-state index < -0.39 is 0 Å². The molecular formula is C13H23N3. The normalized spacial score (nSPS) is 15.1. The summed E-state index contributed by atoms with van der Waals surface area (Å²) < 4.78 is 0. The summed E-state index contributed by atoms with van der Waals surface area (Å²) >= 11 is 0. The van der Waals surface area contributed by atoms with E-state index in [0.717, 1.165) is 13.0 Å². The van der Waals surface area contributed by atoms with Crippen LogP contribution in [0.25, 0.3) is 0 Å². The number of likely N-dealkylation sites (N-methyl/N-ethyl adjacent to an activating group) is 1. The molecule has 0 radical (unpaired) electrons. The van der Waals surface area contributed by atoms with Crippen LogP contribution in [0.4, 0.5) is 0 Å². The molecule has 3 heteroatoms. The van der Waals surface area contributed by atoms with Crippen LogP contribution in [-0.4, -0.2) is 29.0 Å². The summed E-state index contributed by atoms with van der Waals surface area (Å²) in [6, 6.07) is 2.18. The van der Waals surface area contributed by atoms with Crippen LogP contribution in [-0.2, 0) is 6.54 Å². The molecule has 0 aliphatic rings. The maximum absolute atomic E-state index is 5.84. The van der Waals surface area contributed by atoms with Crippen molar-refractivity contribution in [1.82, 2.24) is 9.88 Å². The highest BCUT2D eigenvalue weighted by Crippen LogP contribution is 2.18. The highest BCUT2D eigenvalue weighted by atomic mass is 15.2. The number of nitrogens with two attached hydrogens (primary N) is 1. The second kappa shape index (κ2) is 5.41. The Labute approximate surface area is 98.7 Å². The third-order valence-electron chi connectivity index (χ3n) is 3.47. The van der Waals surface area contributed by atoms with E-state index in [9.17, 15) is 0 Å². The van der Waals surface area contributed by atoms with E-state index in [1.807, 2.05) is 12.4 Å². The maximum atomic E-state index is 5.84. The first-order chi connectivity index (χ1) is 7.51. The van der Waals surface area contributed by atoms with Crippen LogP contribution in [0.3, 0.4) is 0 Å². The van der Waals surface area contributed by atoms with Crippen molar-refractivity contribution in [3.8, 4) is 0 Å². The first-order valence-electron chi connectivity index (χ1n) is 5.83. The average molecular weight is 221 g/mol. The van der Waals surface area contributed by atoms with Crippen molar-refractivity contribution in [2.75, 3.05) is 13.6 Å². The number of pyridine rings is 1. The molecule has 0 bridgehead atoms. The lowest BCUT2D eigenvalue weighted by molar-refractivity contribution is 0.131. The third-order valence-corrected chi connectivity index (χ3v) is 3.47. The van der Waals surface area contributed by atoms with Crippen LogP contribution in [0.5, 0.6) is 0 Å². The summed E-state index contributed by atoms with van der Waals surface area (Å²) in [7, 11) is 2.12. The van der Waals surface area contributed by atoms with E-state index in [4.69, 9.17) is 5.73 Å². The van der Waals surface area contributed by atoms with Gasteiger partial charge in [0, 0.05) is 31.0 Å². The van der Waals surface area contributed by atoms with E-state index >= 15 is 0 Å². The maximum Gasteiger partial charge on any atom is 0.0313 e.